The fourth-order valence-electron chi connectivity index (χ4n) is 1.71. The summed E-state index contributed by atoms with van der Waals surface area (Å²) in [5, 5.41) is 4.84. The second-order valence-corrected chi connectivity index (χ2v) is 10.6. The summed E-state index contributed by atoms with van der Waals surface area (Å²) in [7, 11) is 4.82. The van der Waals surface area contributed by atoms with Gasteiger partial charge in [0.2, 0.25) is 0 Å². The van der Waals surface area contributed by atoms with E-state index in [4.69, 9.17) is 4.84 Å². The van der Waals surface area contributed by atoms with Crippen molar-refractivity contribution in [2.24, 2.45) is 5.16 Å². The summed E-state index contributed by atoms with van der Waals surface area (Å²) in [5.74, 6) is 1.05. The molecule has 0 unspecified atom stereocenters. The molecule has 0 rings (SSSR count). The summed E-state index contributed by atoms with van der Waals surface area (Å²) < 4.78 is 1.34. The lowest BCUT2D eigenvalue weighted by molar-refractivity contribution is 0.137. The Labute approximate surface area is 164 Å². The van der Waals surface area contributed by atoms with Crippen LogP contribution in [0.5, 0.6) is 0 Å². The minimum atomic E-state index is -0.432. The van der Waals surface area contributed by atoms with E-state index < -0.39 is 6.09 Å². The molecule has 0 aromatic heterocycles. The highest BCUT2D eigenvalue weighted by atomic mass is 33.1. The average molecular weight is 413 g/mol. The Morgan fingerprint density at radius 1 is 1.12 bits per heavy atom. The van der Waals surface area contributed by atoms with Crippen molar-refractivity contribution in [1.29, 1.82) is 0 Å². The van der Waals surface area contributed by atoms with E-state index in [0.717, 1.165) is 10.8 Å². The van der Waals surface area contributed by atoms with Crippen molar-refractivity contribution in [3.8, 4) is 0 Å². The number of oxime groups is 1. The summed E-state index contributed by atoms with van der Waals surface area (Å²) in [6.07, 6.45) is 11.3. The first-order valence-electron chi connectivity index (χ1n) is 8.31. The molecule has 142 valence electrons. The third-order valence-electron chi connectivity index (χ3n) is 3.43. The monoisotopic (exact) mass is 412 g/mol. The number of rotatable bonds is 12. The Hall–Kier alpha value is 0.340. The quantitative estimate of drug-likeness (QED) is 0.0690. The number of hydrogen-bond donors (Lipinski definition) is 0. The van der Waals surface area contributed by atoms with E-state index in [1.165, 1.54) is 65.6 Å². The Balaban J connectivity index is 3.99. The first-order chi connectivity index (χ1) is 11.4. The normalized spacial score (nSPS) is 12.3. The van der Waals surface area contributed by atoms with Gasteiger partial charge >= 0.3 is 6.09 Å². The molecule has 8 heteroatoms. The Bertz CT molecular complexity index is 379. The number of unbranched alkanes of at least 4 members (excludes halogenated alkanes) is 5. The smallest absolute Gasteiger partial charge is 0.296 e. The largest absolute Gasteiger partial charge is 0.446 e. The van der Waals surface area contributed by atoms with E-state index in [0.29, 0.717) is 0 Å². The summed E-state index contributed by atoms with van der Waals surface area (Å²) >= 11 is 3.19. The van der Waals surface area contributed by atoms with Crippen LogP contribution < -0.4 is 0 Å². The van der Waals surface area contributed by atoms with Crippen LogP contribution in [0.1, 0.15) is 59.3 Å². The van der Waals surface area contributed by atoms with Crippen molar-refractivity contribution in [3.05, 3.63) is 0 Å². The summed E-state index contributed by atoms with van der Waals surface area (Å²) in [4.78, 5) is 17.0. The van der Waals surface area contributed by atoms with Crippen molar-refractivity contribution in [2.45, 2.75) is 64.0 Å². The number of nitrogens with zero attached hydrogens (tertiary/aromatic N) is 2. The van der Waals surface area contributed by atoms with Gasteiger partial charge in [-0.3, -0.25) is 4.84 Å². The van der Waals surface area contributed by atoms with Crippen molar-refractivity contribution >= 4 is 56.4 Å². The van der Waals surface area contributed by atoms with Crippen LogP contribution in [0.15, 0.2) is 5.16 Å². The standard InChI is InChI=1S/C16H32N2O2S4/c1-7-8-9-10-11-12-13-23-24-18(4)15(19)20-17-14(21-5)16(2,3)22-6/h7-13H2,1-6H3. The molecule has 0 aromatic carbocycles. The average Bonchev–Trinajstić information content (AvgIpc) is 2.57. The summed E-state index contributed by atoms with van der Waals surface area (Å²) in [5.41, 5.74) is 0. The van der Waals surface area contributed by atoms with Gasteiger partial charge in [0, 0.05) is 23.8 Å². The number of thioether (sulfide) groups is 2. The molecule has 4 nitrogen and oxygen atoms in total. The molecule has 0 saturated carbocycles. The van der Waals surface area contributed by atoms with Gasteiger partial charge in [0.1, 0.15) is 5.04 Å². The zero-order valence-electron chi connectivity index (χ0n) is 15.8. The molecule has 0 atom stereocenters. The number of amides is 1. The van der Waals surface area contributed by atoms with Gasteiger partial charge in [-0.1, -0.05) is 55.0 Å². The zero-order chi connectivity index (χ0) is 18.4. The molecular weight excluding hydrogens is 380 g/mol. The highest BCUT2D eigenvalue weighted by Gasteiger charge is 2.25. The van der Waals surface area contributed by atoms with Crippen LogP contribution in [0.4, 0.5) is 4.79 Å². The molecule has 0 N–H and O–H groups in total. The third kappa shape index (κ3) is 11.1. The van der Waals surface area contributed by atoms with E-state index in [9.17, 15) is 4.79 Å². The molecule has 24 heavy (non-hydrogen) atoms. The SMILES string of the molecule is CCCCCCCCSSN(C)C(=O)ON=C(SC)C(C)(C)SC. The van der Waals surface area contributed by atoms with Gasteiger partial charge in [0.15, 0.2) is 0 Å². The molecule has 0 spiro atoms. The van der Waals surface area contributed by atoms with Crippen molar-refractivity contribution in [3.63, 3.8) is 0 Å². The second kappa shape index (κ2) is 14.5. The Morgan fingerprint density at radius 2 is 1.75 bits per heavy atom. The molecule has 0 aromatic rings. The maximum atomic E-state index is 12.0. The minimum Gasteiger partial charge on any atom is -0.296 e. The van der Waals surface area contributed by atoms with Crippen molar-refractivity contribution in [1.82, 2.24) is 4.31 Å². The van der Waals surface area contributed by atoms with Gasteiger partial charge in [-0.2, -0.15) is 11.8 Å². The van der Waals surface area contributed by atoms with Crippen molar-refractivity contribution < 1.29 is 9.63 Å². The van der Waals surface area contributed by atoms with Crippen LogP contribution in [0.2, 0.25) is 0 Å². The lowest BCUT2D eigenvalue weighted by Gasteiger charge is -2.22. The molecule has 1 amide bonds. The van der Waals surface area contributed by atoms with Crippen molar-refractivity contribution in [2.75, 3.05) is 25.3 Å². The third-order valence-corrected chi connectivity index (χ3v) is 8.16. The molecule has 0 saturated heterocycles. The zero-order valence-corrected chi connectivity index (χ0v) is 19.1. The molecule has 0 bridgehead atoms. The predicted octanol–water partition coefficient (Wildman–Crippen LogP) is 6.53. The number of hydrogen-bond acceptors (Lipinski definition) is 7. The maximum absolute atomic E-state index is 12.0. The van der Waals surface area contributed by atoms with E-state index in [-0.39, 0.29) is 4.75 Å². The van der Waals surface area contributed by atoms with Gasteiger partial charge in [-0.15, -0.1) is 11.8 Å². The van der Waals surface area contributed by atoms with E-state index >= 15 is 0 Å². The molecule has 0 aliphatic rings. The van der Waals surface area contributed by atoms with Crippen LogP contribution >= 0.6 is 45.3 Å². The first-order valence-corrected chi connectivity index (χ1v) is 13.0. The second-order valence-electron chi connectivity index (χ2n) is 5.83. The molecule has 0 fully saturated rings. The number of carbonyl (C=O) groups excluding carboxylic acids is 1. The fraction of sp³-hybridized carbons (Fsp3) is 0.875. The molecule has 0 heterocycles. The molecular formula is C16H32N2O2S4. The molecule has 0 radical (unpaired) electrons. The van der Waals surface area contributed by atoms with Crippen LogP contribution in [0.3, 0.4) is 0 Å². The van der Waals surface area contributed by atoms with E-state index in [1.54, 1.807) is 29.6 Å². The van der Waals surface area contributed by atoms with E-state index in [2.05, 4.69) is 25.9 Å². The minimum absolute atomic E-state index is 0.155. The highest BCUT2D eigenvalue weighted by molar-refractivity contribution is 8.75. The highest BCUT2D eigenvalue weighted by Crippen LogP contribution is 2.29. The summed E-state index contributed by atoms with van der Waals surface area (Å²) in [6, 6.07) is 0. The summed E-state index contributed by atoms with van der Waals surface area (Å²) in [6.45, 7) is 6.36. The van der Waals surface area contributed by atoms with Gasteiger partial charge in [0.05, 0.1) is 4.75 Å². The Morgan fingerprint density at radius 3 is 2.33 bits per heavy atom. The number of carbonyl (C=O) groups is 1. The lowest BCUT2D eigenvalue weighted by atomic mass is 10.1. The van der Waals surface area contributed by atoms with Gasteiger partial charge in [-0.05, 0) is 32.8 Å². The fourth-order valence-corrected chi connectivity index (χ4v) is 4.90. The van der Waals surface area contributed by atoms with Crippen LogP contribution in [0.25, 0.3) is 0 Å². The Kier molecular flexibility index (Phi) is 14.7. The first kappa shape index (κ1) is 24.3. The van der Waals surface area contributed by atoms with Gasteiger partial charge in [-0.25, -0.2) is 9.10 Å². The van der Waals surface area contributed by atoms with E-state index in [1.807, 2.05) is 12.5 Å². The van der Waals surface area contributed by atoms with Gasteiger partial charge < -0.3 is 0 Å². The van der Waals surface area contributed by atoms with Gasteiger partial charge in [0.25, 0.3) is 0 Å². The predicted molar refractivity (Wildman–Crippen MR) is 116 cm³/mol. The van der Waals surface area contributed by atoms with Crippen LogP contribution in [0, 0.1) is 0 Å². The van der Waals surface area contributed by atoms with Crippen LogP contribution in [-0.2, 0) is 4.84 Å². The maximum Gasteiger partial charge on any atom is 0.446 e. The van der Waals surface area contributed by atoms with Crippen LogP contribution in [-0.4, -0.2) is 45.5 Å². The lowest BCUT2D eigenvalue weighted by Crippen LogP contribution is -2.26. The molecule has 0 aliphatic heterocycles. The topological polar surface area (TPSA) is 41.9 Å². The molecule has 0 aliphatic carbocycles.